The average Bonchev–Trinajstić information content (AvgIpc) is 3.03. The second kappa shape index (κ2) is 6.63. The molecule has 124 valence electrons. The molecule has 1 aromatic carbocycles. The lowest BCUT2D eigenvalue weighted by atomic mass is 9.93. The number of imidazole rings is 1. The fourth-order valence-corrected chi connectivity index (χ4v) is 2.82. The van der Waals surface area contributed by atoms with Gasteiger partial charge in [-0.1, -0.05) is 37.6 Å². The minimum absolute atomic E-state index is 0.0543. The molecular formula is C18H23ClN2O2. The summed E-state index contributed by atoms with van der Waals surface area (Å²) in [6.45, 7) is 6.36. The van der Waals surface area contributed by atoms with E-state index in [9.17, 15) is 0 Å². The minimum Gasteiger partial charge on any atom is -0.348 e. The van der Waals surface area contributed by atoms with E-state index in [1.165, 1.54) is 5.56 Å². The smallest absolute Gasteiger partial charge is 0.186 e. The first kappa shape index (κ1) is 16.5. The summed E-state index contributed by atoms with van der Waals surface area (Å²) in [6.07, 6.45) is 7.20. The Morgan fingerprint density at radius 2 is 1.87 bits per heavy atom. The van der Waals surface area contributed by atoms with Crippen molar-refractivity contribution < 1.29 is 9.47 Å². The summed E-state index contributed by atoms with van der Waals surface area (Å²) >= 11 is 5.95. The fourth-order valence-electron chi connectivity index (χ4n) is 2.70. The van der Waals surface area contributed by atoms with Gasteiger partial charge >= 0.3 is 0 Å². The third-order valence-corrected chi connectivity index (χ3v) is 4.39. The Hall–Kier alpha value is -1.36. The zero-order chi connectivity index (χ0) is 16.3. The second-order valence-corrected chi connectivity index (χ2v) is 7.45. The van der Waals surface area contributed by atoms with Crippen LogP contribution in [0.1, 0.15) is 25.8 Å². The lowest BCUT2D eigenvalue weighted by molar-refractivity contribution is -0.307. The van der Waals surface area contributed by atoms with Crippen LogP contribution in [0, 0.1) is 5.41 Å². The van der Waals surface area contributed by atoms with Gasteiger partial charge in [-0.25, -0.2) is 4.98 Å². The molecular weight excluding hydrogens is 312 g/mol. The first-order valence-electron chi connectivity index (χ1n) is 7.95. The summed E-state index contributed by atoms with van der Waals surface area (Å²) in [4.78, 5) is 4.11. The van der Waals surface area contributed by atoms with Gasteiger partial charge in [-0.05, 0) is 24.1 Å². The van der Waals surface area contributed by atoms with Crippen molar-refractivity contribution in [1.82, 2.24) is 9.55 Å². The van der Waals surface area contributed by atoms with E-state index in [1.807, 2.05) is 22.9 Å². The molecule has 4 nitrogen and oxygen atoms in total. The van der Waals surface area contributed by atoms with Gasteiger partial charge in [0, 0.05) is 29.3 Å². The minimum atomic E-state index is -0.601. The number of halogens is 1. The quantitative estimate of drug-likeness (QED) is 0.831. The number of benzene rings is 1. The van der Waals surface area contributed by atoms with Crippen LogP contribution >= 0.6 is 11.6 Å². The summed E-state index contributed by atoms with van der Waals surface area (Å²) in [5.74, 6) is -0.601. The summed E-state index contributed by atoms with van der Waals surface area (Å²) in [5.41, 5.74) is 1.29. The number of aryl methyl sites for hydroxylation is 1. The zero-order valence-corrected chi connectivity index (χ0v) is 14.4. The van der Waals surface area contributed by atoms with Gasteiger partial charge in [0.25, 0.3) is 0 Å². The van der Waals surface area contributed by atoms with Gasteiger partial charge in [0.1, 0.15) is 0 Å². The van der Waals surface area contributed by atoms with Crippen LogP contribution < -0.4 is 0 Å². The van der Waals surface area contributed by atoms with Crippen molar-refractivity contribution in [1.29, 1.82) is 0 Å². The van der Waals surface area contributed by atoms with Crippen LogP contribution in [0.3, 0.4) is 0 Å². The molecule has 0 N–H and O–H groups in total. The van der Waals surface area contributed by atoms with E-state index in [-0.39, 0.29) is 5.41 Å². The number of hydrogen-bond acceptors (Lipinski definition) is 3. The first-order chi connectivity index (χ1) is 11.0. The molecule has 0 radical (unpaired) electrons. The Morgan fingerprint density at radius 1 is 1.17 bits per heavy atom. The molecule has 0 saturated carbocycles. The van der Waals surface area contributed by atoms with E-state index in [1.54, 1.807) is 12.5 Å². The van der Waals surface area contributed by atoms with Crippen molar-refractivity contribution in [2.45, 2.75) is 39.0 Å². The number of nitrogens with zero attached hydrogens (tertiary/aromatic N) is 2. The maximum absolute atomic E-state index is 6.20. The predicted octanol–water partition coefficient (Wildman–Crippen LogP) is 3.94. The van der Waals surface area contributed by atoms with E-state index in [2.05, 4.69) is 31.0 Å². The van der Waals surface area contributed by atoms with Crippen molar-refractivity contribution in [3.8, 4) is 0 Å². The highest BCUT2D eigenvalue weighted by Gasteiger charge is 2.40. The van der Waals surface area contributed by atoms with Gasteiger partial charge in [0.2, 0.25) is 0 Å². The standard InChI is InChI=1S/C18H23ClN2O2/c1-17(2)12-22-18(23-13-17,11-21-10-9-20-14-21)8-7-15-3-5-16(19)6-4-15/h3-6,9-10,14H,7-8,11-13H2,1-2H3. The van der Waals surface area contributed by atoms with Crippen molar-refractivity contribution >= 4 is 11.6 Å². The lowest BCUT2D eigenvalue weighted by Gasteiger charge is -2.43. The maximum atomic E-state index is 6.20. The van der Waals surface area contributed by atoms with Gasteiger partial charge in [0.15, 0.2) is 5.79 Å². The molecule has 3 rings (SSSR count). The van der Waals surface area contributed by atoms with Gasteiger partial charge in [-0.2, -0.15) is 0 Å². The molecule has 1 aromatic heterocycles. The number of ether oxygens (including phenoxy) is 2. The highest BCUT2D eigenvalue weighted by molar-refractivity contribution is 6.30. The van der Waals surface area contributed by atoms with Crippen LogP contribution in [-0.2, 0) is 22.4 Å². The fraction of sp³-hybridized carbons (Fsp3) is 0.500. The SMILES string of the molecule is CC1(C)COC(CCc2ccc(Cl)cc2)(Cn2ccnc2)OC1. The van der Waals surface area contributed by atoms with Crippen LogP contribution in [0.4, 0.5) is 0 Å². The third-order valence-electron chi connectivity index (χ3n) is 4.14. The number of rotatable bonds is 5. The molecule has 2 heterocycles. The van der Waals surface area contributed by atoms with E-state index in [4.69, 9.17) is 21.1 Å². The molecule has 1 aliphatic heterocycles. The summed E-state index contributed by atoms with van der Waals surface area (Å²) < 4.78 is 14.4. The summed E-state index contributed by atoms with van der Waals surface area (Å²) in [5, 5.41) is 0.758. The Morgan fingerprint density at radius 3 is 2.48 bits per heavy atom. The van der Waals surface area contributed by atoms with E-state index >= 15 is 0 Å². The Bertz CT molecular complexity index is 613. The molecule has 0 aliphatic carbocycles. The largest absolute Gasteiger partial charge is 0.348 e. The monoisotopic (exact) mass is 334 g/mol. The summed E-state index contributed by atoms with van der Waals surface area (Å²) in [6, 6.07) is 7.95. The summed E-state index contributed by atoms with van der Waals surface area (Å²) in [7, 11) is 0. The van der Waals surface area contributed by atoms with Crippen LogP contribution in [0.15, 0.2) is 43.0 Å². The predicted molar refractivity (Wildman–Crippen MR) is 90.4 cm³/mol. The molecule has 0 bridgehead atoms. The first-order valence-corrected chi connectivity index (χ1v) is 8.32. The van der Waals surface area contributed by atoms with Gasteiger partial charge in [0.05, 0.1) is 26.1 Å². The van der Waals surface area contributed by atoms with Crippen molar-refractivity contribution in [3.05, 3.63) is 53.6 Å². The normalized spacial score (nSPS) is 19.6. The molecule has 0 atom stereocenters. The van der Waals surface area contributed by atoms with Gasteiger partial charge < -0.3 is 14.0 Å². The Kier molecular flexibility index (Phi) is 4.76. The number of hydrogen-bond donors (Lipinski definition) is 0. The molecule has 0 unspecified atom stereocenters. The lowest BCUT2D eigenvalue weighted by Crippen LogP contribution is -2.50. The van der Waals surface area contributed by atoms with Crippen LogP contribution in [-0.4, -0.2) is 28.6 Å². The molecule has 23 heavy (non-hydrogen) atoms. The molecule has 0 amide bonds. The van der Waals surface area contributed by atoms with Crippen molar-refractivity contribution in [2.24, 2.45) is 5.41 Å². The molecule has 2 aromatic rings. The van der Waals surface area contributed by atoms with Crippen LogP contribution in [0.5, 0.6) is 0 Å². The average molecular weight is 335 g/mol. The van der Waals surface area contributed by atoms with E-state index in [0.29, 0.717) is 19.8 Å². The number of aromatic nitrogens is 2. The van der Waals surface area contributed by atoms with Crippen LogP contribution in [0.25, 0.3) is 0 Å². The van der Waals surface area contributed by atoms with E-state index in [0.717, 1.165) is 17.9 Å². The molecule has 5 heteroatoms. The highest BCUT2D eigenvalue weighted by Crippen LogP contribution is 2.33. The van der Waals surface area contributed by atoms with E-state index < -0.39 is 5.79 Å². The molecule has 0 spiro atoms. The zero-order valence-electron chi connectivity index (χ0n) is 13.7. The topological polar surface area (TPSA) is 36.3 Å². The van der Waals surface area contributed by atoms with Crippen molar-refractivity contribution in [2.75, 3.05) is 13.2 Å². The molecule has 1 saturated heterocycles. The Balaban J connectivity index is 1.71. The highest BCUT2D eigenvalue weighted by atomic mass is 35.5. The third kappa shape index (κ3) is 4.34. The van der Waals surface area contributed by atoms with Gasteiger partial charge in [-0.3, -0.25) is 0 Å². The molecule has 1 aliphatic rings. The van der Waals surface area contributed by atoms with Gasteiger partial charge in [-0.15, -0.1) is 0 Å². The maximum Gasteiger partial charge on any atom is 0.186 e. The molecule has 1 fully saturated rings. The second-order valence-electron chi connectivity index (χ2n) is 7.01. The van der Waals surface area contributed by atoms with Crippen molar-refractivity contribution in [3.63, 3.8) is 0 Å². The Labute approximate surface area is 142 Å². The van der Waals surface area contributed by atoms with Crippen LogP contribution in [0.2, 0.25) is 5.02 Å².